The number of likely N-dealkylation sites (N-methyl/N-ethyl adjacent to an activating group) is 1. The number of anilines is 2. The second kappa shape index (κ2) is 7.85. The van der Waals surface area contributed by atoms with Gasteiger partial charge in [0.2, 0.25) is 5.95 Å². The minimum Gasteiger partial charge on any atom is -0.369 e. The molecule has 4 rings (SSSR count). The van der Waals surface area contributed by atoms with Crippen molar-refractivity contribution in [3.63, 3.8) is 0 Å². The number of hydrogen-bond donors (Lipinski definition) is 0. The van der Waals surface area contributed by atoms with Crippen molar-refractivity contribution in [3.05, 3.63) is 41.7 Å². The predicted molar refractivity (Wildman–Crippen MR) is 111 cm³/mol. The molecule has 28 heavy (non-hydrogen) atoms. The van der Waals surface area contributed by atoms with Crippen LogP contribution in [-0.4, -0.2) is 74.9 Å². The topological polar surface area (TPSA) is 69.6 Å². The summed E-state index contributed by atoms with van der Waals surface area (Å²) in [7, 11) is -1.42. The van der Waals surface area contributed by atoms with Crippen LogP contribution in [0.15, 0.2) is 41.6 Å². The summed E-state index contributed by atoms with van der Waals surface area (Å²) in [5.41, 5.74) is 0.975. The van der Waals surface area contributed by atoms with Gasteiger partial charge in [0.15, 0.2) is 9.84 Å². The number of benzene rings is 1. The monoisotopic (exact) mass is 421 g/mol. The number of hydrogen-bond acceptors (Lipinski definition) is 7. The quantitative estimate of drug-likeness (QED) is 0.747. The Hall–Kier alpha value is -1.90. The normalized spacial score (nSPS) is 21.3. The van der Waals surface area contributed by atoms with Gasteiger partial charge < -0.3 is 14.7 Å². The Kier molecular flexibility index (Phi) is 5.44. The van der Waals surface area contributed by atoms with Crippen molar-refractivity contribution in [1.29, 1.82) is 0 Å². The Bertz CT molecular complexity index is 933. The summed E-state index contributed by atoms with van der Waals surface area (Å²) in [6, 6.07) is 7.06. The van der Waals surface area contributed by atoms with E-state index < -0.39 is 15.1 Å². The van der Waals surface area contributed by atoms with Crippen molar-refractivity contribution in [2.24, 2.45) is 0 Å². The minimum atomic E-state index is -3.52. The Morgan fingerprint density at radius 3 is 2.43 bits per heavy atom. The van der Waals surface area contributed by atoms with Crippen LogP contribution < -0.4 is 9.80 Å². The highest BCUT2D eigenvalue weighted by Crippen LogP contribution is 2.33. The minimum absolute atomic E-state index is 0.216. The van der Waals surface area contributed by atoms with Crippen LogP contribution in [0, 0.1) is 0 Å². The second-order valence-corrected chi connectivity index (χ2v) is 9.96. The maximum absolute atomic E-state index is 13.2. The summed E-state index contributed by atoms with van der Waals surface area (Å²) in [5, 5.41) is -0.214. The third-order valence-corrected chi connectivity index (χ3v) is 8.17. The van der Waals surface area contributed by atoms with Crippen molar-refractivity contribution < 1.29 is 8.42 Å². The zero-order valence-electron chi connectivity index (χ0n) is 15.8. The molecule has 0 spiro atoms. The van der Waals surface area contributed by atoms with Gasteiger partial charge in [-0.05, 0) is 37.7 Å². The first-order valence-corrected chi connectivity index (χ1v) is 11.4. The zero-order chi connectivity index (χ0) is 19.7. The molecular formula is C19H24ClN5O2S. The Balaban J connectivity index is 1.51. The van der Waals surface area contributed by atoms with Gasteiger partial charge in [0, 0.05) is 57.3 Å². The highest BCUT2D eigenvalue weighted by molar-refractivity contribution is 7.92. The van der Waals surface area contributed by atoms with Gasteiger partial charge in [0.05, 0.1) is 15.2 Å². The van der Waals surface area contributed by atoms with E-state index in [9.17, 15) is 8.42 Å². The van der Waals surface area contributed by atoms with E-state index in [2.05, 4.69) is 26.8 Å². The molecule has 0 bridgehead atoms. The zero-order valence-corrected chi connectivity index (χ0v) is 17.4. The van der Waals surface area contributed by atoms with E-state index in [0.29, 0.717) is 30.5 Å². The lowest BCUT2D eigenvalue weighted by molar-refractivity contribution is 0.313. The van der Waals surface area contributed by atoms with Crippen LogP contribution >= 0.6 is 11.6 Å². The summed E-state index contributed by atoms with van der Waals surface area (Å²) in [6.45, 7) is 4.78. The van der Waals surface area contributed by atoms with Gasteiger partial charge in [0.1, 0.15) is 0 Å². The van der Waals surface area contributed by atoms with Crippen molar-refractivity contribution in [3.8, 4) is 0 Å². The summed E-state index contributed by atoms with van der Waals surface area (Å²) >= 11 is 6.44. The smallest absolute Gasteiger partial charge is 0.225 e. The molecule has 7 nitrogen and oxygen atoms in total. The van der Waals surface area contributed by atoms with E-state index in [0.717, 1.165) is 31.9 Å². The summed E-state index contributed by atoms with van der Waals surface area (Å²) in [6.07, 6.45) is 3.87. The molecule has 2 aliphatic heterocycles. The summed E-state index contributed by atoms with van der Waals surface area (Å²) in [5.74, 6) is 0.566. The first-order valence-electron chi connectivity index (χ1n) is 9.44. The van der Waals surface area contributed by atoms with Gasteiger partial charge in [0.25, 0.3) is 0 Å². The van der Waals surface area contributed by atoms with E-state index >= 15 is 0 Å². The SMILES string of the molecule is CN1CCN(c2ccc(S(=O)(=O)[C@H]3CCN(c4ncccn4)C3)c(Cl)c2)CC1. The van der Waals surface area contributed by atoms with Gasteiger partial charge >= 0.3 is 0 Å². The number of halogens is 1. The molecule has 0 aliphatic carbocycles. The van der Waals surface area contributed by atoms with Gasteiger partial charge in [-0.1, -0.05) is 11.6 Å². The molecule has 2 aliphatic rings. The molecule has 0 amide bonds. The van der Waals surface area contributed by atoms with E-state index in [-0.39, 0.29) is 4.90 Å². The highest BCUT2D eigenvalue weighted by atomic mass is 35.5. The molecule has 0 saturated carbocycles. The molecule has 0 N–H and O–H groups in total. The molecule has 3 heterocycles. The number of sulfone groups is 1. The standard InChI is InChI=1S/C19H24ClN5O2S/c1-23-9-11-24(12-10-23)15-3-4-18(17(20)13-15)28(26,27)16-5-8-25(14-16)19-21-6-2-7-22-19/h2-4,6-7,13,16H,5,8-12,14H2,1H3/t16-/m0/s1. The third-order valence-electron chi connectivity index (χ3n) is 5.51. The molecular weight excluding hydrogens is 398 g/mol. The lowest BCUT2D eigenvalue weighted by atomic mass is 10.2. The van der Waals surface area contributed by atoms with Gasteiger partial charge in [-0.2, -0.15) is 0 Å². The fourth-order valence-corrected chi connectivity index (χ4v) is 6.02. The lowest BCUT2D eigenvalue weighted by Crippen LogP contribution is -2.44. The van der Waals surface area contributed by atoms with Crippen LogP contribution in [0.25, 0.3) is 0 Å². The van der Waals surface area contributed by atoms with Gasteiger partial charge in [-0.15, -0.1) is 0 Å². The molecule has 2 fully saturated rings. The predicted octanol–water partition coefficient (Wildman–Crippen LogP) is 1.93. The molecule has 0 unspecified atom stereocenters. The fourth-order valence-electron chi connectivity index (χ4n) is 3.78. The largest absolute Gasteiger partial charge is 0.369 e. The fraction of sp³-hybridized carbons (Fsp3) is 0.474. The Morgan fingerprint density at radius 1 is 1.04 bits per heavy atom. The van der Waals surface area contributed by atoms with E-state index in [1.54, 1.807) is 30.6 Å². The Morgan fingerprint density at radius 2 is 1.75 bits per heavy atom. The summed E-state index contributed by atoms with van der Waals surface area (Å²) < 4.78 is 26.4. The van der Waals surface area contributed by atoms with E-state index in [4.69, 9.17) is 11.6 Å². The second-order valence-electron chi connectivity index (χ2n) is 7.36. The summed E-state index contributed by atoms with van der Waals surface area (Å²) in [4.78, 5) is 15.1. The average molecular weight is 422 g/mol. The molecule has 150 valence electrons. The van der Waals surface area contributed by atoms with Crippen LogP contribution in [0.2, 0.25) is 5.02 Å². The molecule has 2 saturated heterocycles. The molecule has 0 radical (unpaired) electrons. The molecule has 1 aromatic heterocycles. The highest BCUT2D eigenvalue weighted by Gasteiger charge is 2.36. The maximum atomic E-state index is 13.2. The van der Waals surface area contributed by atoms with Crippen LogP contribution in [-0.2, 0) is 9.84 Å². The van der Waals surface area contributed by atoms with Crippen LogP contribution in [0.5, 0.6) is 0 Å². The van der Waals surface area contributed by atoms with Gasteiger partial charge in [-0.3, -0.25) is 0 Å². The van der Waals surface area contributed by atoms with Crippen molar-refractivity contribution >= 4 is 33.1 Å². The molecule has 1 aromatic carbocycles. The number of piperazine rings is 1. The first-order chi connectivity index (χ1) is 13.4. The number of nitrogens with zero attached hydrogens (tertiary/aromatic N) is 5. The molecule has 2 aromatic rings. The van der Waals surface area contributed by atoms with E-state index in [1.807, 2.05) is 11.0 Å². The maximum Gasteiger partial charge on any atom is 0.225 e. The van der Waals surface area contributed by atoms with Crippen LogP contribution in [0.4, 0.5) is 11.6 Å². The average Bonchev–Trinajstić information content (AvgIpc) is 3.20. The van der Waals surface area contributed by atoms with Crippen molar-refractivity contribution in [1.82, 2.24) is 14.9 Å². The third kappa shape index (κ3) is 3.81. The molecule has 9 heteroatoms. The number of aromatic nitrogens is 2. The van der Waals surface area contributed by atoms with E-state index in [1.165, 1.54) is 0 Å². The van der Waals surface area contributed by atoms with Crippen LogP contribution in [0.1, 0.15) is 6.42 Å². The Labute approximate surface area is 170 Å². The first kappa shape index (κ1) is 19.4. The van der Waals surface area contributed by atoms with Gasteiger partial charge in [-0.25, -0.2) is 18.4 Å². The number of rotatable bonds is 4. The molecule has 1 atom stereocenters. The van der Waals surface area contributed by atoms with Crippen molar-refractivity contribution in [2.75, 3.05) is 56.1 Å². The van der Waals surface area contributed by atoms with Crippen LogP contribution in [0.3, 0.4) is 0 Å². The lowest BCUT2D eigenvalue weighted by Gasteiger charge is -2.34. The van der Waals surface area contributed by atoms with Crippen molar-refractivity contribution in [2.45, 2.75) is 16.6 Å².